The molecule has 1 aromatic carbocycles. The molecular weight excluding hydrogens is 386 g/mol. The van der Waals surface area contributed by atoms with Gasteiger partial charge in [0.2, 0.25) is 0 Å². The fourth-order valence-electron chi connectivity index (χ4n) is 6.39. The van der Waals surface area contributed by atoms with Crippen molar-refractivity contribution in [3.05, 3.63) is 34.9 Å². The van der Waals surface area contributed by atoms with Gasteiger partial charge in [-0.25, -0.2) is 8.78 Å². The maximum atomic E-state index is 14.8. The van der Waals surface area contributed by atoms with E-state index in [-0.39, 0.29) is 5.92 Å². The quantitative estimate of drug-likeness (QED) is 0.305. The molecule has 0 amide bonds. The molecule has 0 N–H and O–H groups in total. The van der Waals surface area contributed by atoms with E-state index < -0.39 is 11.6 Å². The summed E-state index contributed by atoms with van der Waals surface area (Å²) in [6.45, 7) is 4.42. The first-order valence-corrected chi connectivity index (χ1v) is 13.6. The Labute approximate surface area is 190 Å². The minimum atomic E-state index is -0.576. The van der Waals surface area contributed by atoms with Crippen LogP contribution in [0.25, 0.3) is 0 Å². The molecule has 0 radical (unpaired) electrons. The Morgan fingerprint density at radius 2 is 1.29 bits per heavy atom. The van der Waals surface area contributed by atoms with E-state index in [0.29, 0.717) is 17.5 Å². The molecule has 1 aromatic rings. The van der Waals surface area contributed by atoms with Crippen molar-refractivity contribution in [1.82, 2.24) is 0 Å². The zero-order valence-electron chi connectivity index (χ0n) is 20.2. The second-order valence-electron chi connectivity index (χ2n) is 10.6. The molecule has 2 heteroatoms. The summed E-state index contributed by atoms with van der Waals surface area (Å²) in [4.78, 5) is 0. The normalized spacial score (nSPS) is 26.8. The van der Waals surface area contributed by atoms with Crippen molar-refractivity contribution in [3.8, 4) is 0 Å². The molecule has 2 aliphatic rings. The lowest BCUT2D eigenvalue weighted by Gasteiger charge is -2.38. The lowest BCUT2D eigenvalue weighted by atomic mass is 9.68. The second kappa shape index (κ2) is 12.9. The highest BCUT2D eigenvalue weighted by Crippen LogP contribution is 2.45. The van der Waals surface area contributed by atoms with Gasteiger partial charge in [-0.2, -0.15) is 0 Å². The van der Waals surface area contributed by atoms with Gasteiger partial charge in [-0.15, -0.1) is 0 Å². The van der Waals surface area contributed by atoms with Crippen molar-refractivity contribution in [3.63, 3.8) is 0 Å². The first-order valence-electron chi connectivity index (χ1n) is 13.6. The smallest absolute Gasteiger partial charge is 0.162 e. The van der Waals surface area contributed by atoms with Crippen LogP contribution in [0.3, 0.4) is 0 Å². The highest BCUT2D eigenvalue weighted by atomic mass is 19.2. The van der Waals surface area contributed by atoms with Gasteiger partial charge in [0.1, 0.15) is 0 Å². The van der Waals surface area contributed by atoms with E-state index in [1.807, 2.05) is 12.1 Å². The molecule has 0 aromatic heterocycles. The topological polar surface area (TPSA) is 0 Å². The van der Waals surface area contributed by atoms with Crippen molar-refractivity contribution in [2.24, 2.45) is 17.8 Å². The van der Waals surface area contributed by atoms with Gasteiger partial charge in [0.05, 0.1) is 0 Å². The van der Waals surface area contributed by atoms with Gasteiger partial charge < -0.3 is 0 Å². The first-order chi connectivity index (χ1) is 15.1. The fraction of sp³-hybridized carbons (Fsp3) is 0.793. The Bertz CT molecular complexity index is 636. The largest absolute Gasteiger partial charge is 0.203 e. The van der Waals surface area contributed by atoms with Crippen molar-refractivity contribution < 1.29 is 8.78 Å². The van der Waals surface area contributed by atoms with Crippen LogP contribution in [0.1, 0.15) is 134 Å². The molecule has 2 aliphatic carbocycles. The third-order valence-corrected chi connectivity index (χ3v) is 8.48. The van der Waals surface area contributed by atoms with Crippen LogP contribution >= 0.6 is 0 Å². The summed E-state index contributed by atoms with van der Waals surface area (Å²) in [6.07, 6.45) is 20.9. The molecule has 0 nitrogen and oxygen atoms in total. The predicted molar refractivity (Wildman–Crippen MR) is 128 cm³/mol. The fourth-order valence-corrected chi connectivity index (χ4v) is 6.39. The molecule has 31 heavy (non-hydrogen) atoms. The minimum Gasteiger partial charge on any atom is -0.203 e. The van der Waals surface area contributed by atoms with Crippen LogP contribution in [0.2, 0.25) is 0 Å². The maximum absolute atomic E-state index is 14.8. The summed E-state index contributed by atoms with van der Waals surface area (Å²) >= 11 is 0. The molecule has 0 aliphatic heterocycles. The zero-order valence-corrected chi connectivity index (χ0v) is 20.2. The number of hydrogen-bond acceptors (Lipinski definition) is 0. The molecule has 2 saturated carbocycles. The third-order valence-electron chi connectivity index (χ3n) is 8.48. The Morgan fingerprint density at radius 3 is 1.94 bits per heavy atom. The van der Waals surface area contributed by atoms with Crippen LogP contribution in [-0.4, -0.2) is 0 Å². The molecule has 0 spiro atoms. The van der Waals surface area contributed by atoms with Crippen LogP contribution in [0, 0.1) is 29.4 Å². The Morgan fingerprint density at radius 1 is 0.677 bits per heavy atom. The molecule has 0 unspecified atom stereocenters. The molecular formula is C29H46F2. The van der Waals surface area contributed by atoms with E-state index >= 15 is 0 Å². The van der Waals surface area contributed by atoms with Crippen molar-refractivity contribution in [1.29, 1.82) is 0 Å². The summed E-state index contributed by atoms with van der Waals surface area (Å²) in [5, 5.41) is 0. The predicted octanol–water partition coefficient (Wildman–Crippen LogP) is 9.75. The van der Waals surface area contributed by atoms with Crippen LogP contribution in [0.5, 0.6) is 0 Å². The number of benzene rings is 1. The number of rotatable bonds is 11. The summed E-state index contributed by atoms with van der Waals surface area (Å²) < 4.78 is 29.4. The first kappa shape index (κ1) is 24.7. The van der Waals surface area contributed by atoms with Crippen molar-refractivity contribution in [2.75, 3.05) is 0 Å². The van der Waals surface area contributed by atoms with E-state index in [0.717, 1.165) is 49.9 Å². The zero-order chi connectivity index (χ0) is 22.1. The van der Waals surface area contributed by atoms with Gasteiger partial charge in [-0.3, -0.25) is 0 Å². The highest BCUT2D eigenvalue weighted by Gasteiger charge is 2.32. The number of aryl methyl sites for hydroxylation is 1. The van der Waals surface area contributed by atoms with Gasteiger partial charge in [0.15, 0.2) is 11.6 Å². The standard InChI is InChI=1S/C29H46F2/c1-3-5-7-9-10-22-12-14-23(15-13-22)24-16-18-25(19-17-24)27-21-20-26(11-8-6-4-2)28(30)29(27)31/h20-25H,3-19H2,1-2H3. The summed E-state index contributed by atoms with van der Waals surface area (Å²) in [7, 11) is 0. The van der Waals surface area contributed by atoms with E-state index in [1.54, 1.807) is 0 Å². The Kier molecular flexibility index (Phi) is 10.3. The molecule has 0 atom stereocenters. The Hall–Kier alpha value is -0.920. The number of unbranched alkanes of at least 4 members (excludes halogenated alkanes) is 5. The molecule has 0 heterocycles. The van der Waals surface area contributed by atoms with Crippen LogP contribution < -0.4 is 0 Å². The lowest BCUT2D eigenvalue weighted by Crippen LogP contribution is -2.25. The second-order valence-corrected chi connectivity index (χ2v) is 10.6. The average Bonchev–Trinajstić information content (AvgIpc) is 2.80. The molecule has 3 rings (SSSR count). The maximum Gasteiger partial charge on any atom is 0.162 e. The van der Waals surface area contributed by atoms with E-state index in [4.69, 9.17) is 0 Å². The lowest BCUT2D eigenvalue weighted by molar-refractivity contribution is 0.155. The monoisotopic (exact) mass is 432 g/mol. The molecule has 176 valence electrons. The van der Waals surface area contributed by atoms with Crippen LogP contribution in [0.4, 0.5) is 8.78 Å². The van der Waals surface area contributed by atoms with E-state index in [9.17, 15) is 8.78 Å². The van der Waals surface area contributed by atoms with Gasteiger partial charge in [0, 0.05) is 0 Å². The highest BCUT2D eigenvalue weighted by molar-refractivity contribution is 5.29. The van der Waals surface area contributed by atoms with E-state index in [2.05, 4.69) is 13.8 Å². The van der Waals surface area contributed by atoms with Crippen molar-refractivity contribution >= 4 is 0 Å². The van der Waals surface area contributed by atoms with Gasteiger partial charge in [-0.1, -0.05) is 83.8 Å². The summed E-state index contributed by atoms with van der Waals surface area (Å²) in [5.74, 6) is 1.76. The molecule has 0 bridgehead atoms. The molecule has 0 saturated heterocycles. The summed E-state index contributed by atoms with van der Waals surface area (Å²) in [5.41, 5.74) is 1.21. The third kappa shape index (κ3) is 7.03. The van der Waals surface area contributed by atoms with Gasteiger partial charge in [-0.05, 0) is 86.2 Å². The van der Waals surface area contributed by atoms with Crippen LogP contribution in [0.15, 0.2) is 12.1 Å². The number of halogens is 2. The van der Waals surface area contributed by atoms with Crippen molar-refractivity contribution in [2.45, 2.75) is 129 Å². The van der Waals surface area contributed by atoms with Crippen LogP contribution in [-0.2, 0) is 6.42 Å². The molecule has 2 fully saturated rings. The average molecular weight is 433 g/mol. The number of hydrogen-bond donors (Lipinski definition) is 0. The summed E-state index contributed by atoms with van der Waals surface area (Å²) in [6, 6.07) is 3.76. The SMILES string of the molecule is CCCCCCC1CCC(C2CCC(c3ccc(CCCCC)c(F)c3F)CC2)CC1. The van der Waals surface area contributed by atoms with Gasteiger partial charge >= 0.3 is 0 Å². The van der Waals surface area contributed by atoms with Gasteiger partial charge in [0.25, 0.3) is 0 Å². The minimum absolute atomic E-state index is 0.213. The Balaban J connectivity index is 1.44. The van der Waals surface area contributed by atoms with E-state index in [1.165, 1.54) is 70.6 Å².